The molecule has 0 unspecified atom stereocenters. The normalized spacial score (nSPS) is 10.8. The molecule has 2 aliphatic rings. The van der Waals surface area contributed by atoms with Gasteiger partial charge in [-0.1, -0.05) is 30.3 Å². The van der Waals surface area contributed by atoms with Crippen molar-refractivity contribution >= 4 is 17.6 Å². The summed E-state index contributed by atoms with van der Waals surface area (Å²) in [6.45, 7) is 0.712. The number of hydrogen-bond donors (Lipinski definition) is 1. The third-order valence-electron chi connectivity index (χ3n) is 4.45. The summed E-state index contributed by atoms with van der Waals surface area (Å²) in [5, 5.41) is 9.70. The zero-order valence-corrected chi connectivity index (χ0v) is 16.6. The summed E-state index contributed by atoms with van der Waals surface area (Å²) in [7, 11) is 1.59. The largest absolute Gasteiger partial charge is 0.496 e. The topological polar surface area (TPSA) is 103 Å². The average molecular weight is 402 g/mol. The lowest BCUT2D eigenvalue weighted by atomic mass is 10.1. The van der Waals surface area contributed by atoms with Crippen molar-refractivity contribution in [2.24, 2.45) is 0 Å². The van der Waals surface area contributed by atoms with E-state index in [9.17, 15) is 5.26 Å². The van der Waals surface area contributed by atoms with E-state index in [0.29, 0.717) is 40.4 Å². The highest BCUT2D eigenvalue weighted by Gasteiger charge is 2.20. The molecular formula is C21H18N6OS. The Morgan fingerprint density at radius 1 is 1.17 bits per heavy atom. The fourth-order valence-corrected chi connectivity index (χ4v) is 3.87. The molecule has 0 atom stereocenters. The maximum absolute atomic E-state index is 9.17. The van der Waals surface area contributed by atoms with Crippen molar-refractivity contribution in [3.8, 4) is 23.3 Å². The molecule has 0 aromatic heterocycles. The minimum atomic E-state index is 0.341. The van der Waals surface area contributed by atoms with Crippen LogP contribution in [0, 0.1) is 11.3 Å². The second-order valence-corrected chi connectivity index (χ2v) is 7.33. The number of fused-ring (bicyclic) bond motifs is 1. The van der Waals surface area contributed by atoms with Crippen LogP contribution in [0.5, 0.6) is 5.75 Å². The predicted octanol–water partition coefficient (Wildman–Crippen LogP) is 3.63. The smallest absolute Gasteiger partial charge is 0.195 e. The van der Waals surface area contributed by atoms with Gasteiger partial charge >= 0.3 is 0 Å². The molecule has 0 saturated heterocycles. The van der Waals surface area contributed by atoms with Crippen LogP contribution in [0.15, 0.2) is 64.9 Å². The van der Waals surface area contributed by atoms with Crippen molar-refractivity contribution in [3.05, 3.63) is 66.0 Å². The molecule has 2 N–H and O–H groups in total. The highest BCUT2D eigenvalue weighted by atomic mass is 32.2. The molecule has 8 heteroatoms. The van der Waals surface area contributed by atoms with Crippen LogP contribution >= 0.6 is 11.8 Å². The lowest BCUT2D eigenvalue weighted by Crippen LogP contribution is -2.09. The summed E-state index contributed by atoms with van der Waals surface area (Å²) in [6, 6.07) is 17.6. The van der Waals surface area contributed by atoms with Gasteiger partial charge in [0.05, 0.1) is 30.0 Å². The Balaban J connectivity index is 1.64. The van der Waals surface area contributed by atoms with Crippen molar-refractivity contribution in [1.82, 2.24) is 19.5 Å². The van der Waals surface area contributed by atoms with Gasteiger partial charge in [0.1, 0.15) is 5.75 Å². The third kappa shape index (κ3) is 4.00. The number of aryl methyl sites for hydroxylation is 2. The molecule has 4 rings (SSSR count). The van der Waals surface area contributed by atoms with Crippen molar-refractivity contribution < 1.29 is 4.74 Å². The highest BCUT2D eigenvalue weighted by molar-refractivity contribution is 7.99. The molecule has 0 amide bonds. The van der Waals surface area contributed by atoms with E-state index in [1.54, 1.807) is 31.6 Å². The van der Waals surface area contributed by atoms with Crippen LogP contribution in [-0.4, -0.2) is 26.6 Å². The van der Waals surface area contributed by atoms with Gasteiger partial charge in [-0.05, 0) is 41.9 Å². The van der Waals surface area contributed by atoms with Crippen LogP contribution in [0.25, 0.3) is 11.5 Å². The van der Waals surface area contributed by atoms with E-state index < -0.39 is 0 Å². The van der Waals surface area contributed by atoms with Crippen LogP contribution in [-0.2, 0) is 13.0 Å². The van der Waals surface area contributed by atoms with Crippen molar-refractivity contribution in [2.75, 3.05) is 12.8 Å². The standard InChI is InChI=1S/C21H18N6OS/c1-28-16-8-7-15(12-22)11-17(16)29-21-25-18-19(23)24-13-27(20(18)26-21)10-9-14-5-3-2-4-6-14/h2-8,11,13H,9-10,23H2,1H3. The van der Waals surface area contributed by atoms with Crippen LogP contribution in [0.2, 0.25) is 0 Å². The molecule has 0 bridgehead atoms. The monoisotopic (exact) mass is 402 g/mol. The molecule has 2 aromatic rings. The Morgan fingerprint density at radius 3 is 2.76 bits per heavy atom. The molecule has 144 valence electrons. The fourth-order valence-electron chi connectivity index (χ4n) is 2.96. The zero-order chi connectivity index (χ0) is 20.2. The van der Waals surface area contributed by atoms with Gasteiger partial charge in [0.25, 0.3) is 0 Å². The number of nitrogen functional groups attached to an aromatic ring is 1. The third-order valence-corrected chi connectivity index (χ3v) is 5.35. The molecule has 0 spiro atoms. The SMILES string of the molecule is COc1ccc(C#N)cc1Sc1nc2c(N)ncn(CCc3ccccc3)c-2n1. The Kier molecular flexibility index (Phi) is 5.31. The van der Waals surface area contributed by atoms with E-state index in [1.165, 1.54) is 17.3 Å². The number of nitrogens with zero attached hydrogens (tertiary/aromatic N) is 5. The fraction of sp³-hybridized carbons (Fsp3) is 0.143. The van der Waals surface area contributed by atoms with E-state index in [2.05, 4.69) is 33.2 Å². The number of rotatable bonds is 6. The van der Waals surface area contributed by atoms with Crippen LogP contribution in [0.3, 0.4) is 0 Å². The summed E-state index contributed by atoms with van der Waals surface area (Å²) in [4.78, 5) is 14.3. The van der Waals surface area contributed by atoms with E-state index in [0.717, 1.165) is 11.3 Å². The van der Waals surface area contributed by atoms with Gasteiger partial charge in [0, 0.05) is 6.54 Å². The van der Waals surface area contributed by atoms with Crippen LogP contribution in [0.1, 0.15) is 11.1 Å². The van der Waals surface area contributed by atoms with E-state index in [4.69, 9.17) is 10.5 Å². The van der Waals surface area contributed by atoms with Gasteiger partial charge in [0.2, 0.25) is 0 Å². The van der Waals surface area contributed by atoms with Gasteiger partial charge in [-0.25, -0.2) is 15.0 Å². The highest BCUT2D eigenvalue weighted by Crippen LogP contribution is 2.36. The Bertz CT molecular complexity index is 1150. The van der Waals surface area contributed by atoms with Crippen molar-refractivity contribution in [1.29, 1.82) is 5.26 Å². The van der Waals surface area contributed by atoms with E-state index in [-0.39, 0.29) is 0 Å². The molecule has 0 saturated carbocycles. The molecule has 2 aliphatic heterocycles. The van der Waals surface area contributed by atoms with Gasteiger partial charge in [-0.3, -0.25) is 0 Å². The Labute approximate surface area is 172 Å². The van der Waals surface area contributed by atoms with Crippen LogP contribution in [0.4, 0.5) is 5.82 Å². The van der Waals surface area contributed by atoms with Gasteiger partial charge in [-0.15, -0.1) is 0 Å². The molecular weight excluding hydrogens is 384 g/mol. The van der Waals surface area contributed by atoms with Crippen LogP contribution < -0.4 is 10.5 Å². The van der Waals surface area contributed by atoms with Crippen molar-refractivity contribution in [3.63, 3.8) is 0 Å². The second-order valence-electron chi connectivity index (χ2n) is 6.32. The maximum atomic E-state index is 9.17. The first-order valence-electron chi connectivity index (χ1n) is 8.96. The molecule has 0 radical (unpaired) electrons. The number of nitriles is 1. The summed E-state index contributed by atoms with van der Waals surface area (Å²) < 4.78 is 7.36. The Hall–Kier alpha value is -3.57. The number of anilines is 1. The molecule has 2 aromatic carbocycles. The average Bonchev–Trinajstić information content (AvgIpc) is 3.18. The minimum absolute atomic E-state index is 0.341. The molecule has 0 fully saturated rings. The van der Waals surface area contributed by atoms with E-state index >= 15 is 0 Å². The second kappa shape index (κ2) is 8.20. The van der Waals surface area contributed by atoms with Gasteiger partial charge in [0.15, 0.2) is 22.5 Å². The first-order valence-corrected chi connectivity index (χ1v) is 9.78. The molecule has 7 nitrogen and oxygen atoms in total. The van der Waals surface area contributed by atoms with Gasteiger partial charge in [-0.2, -0.15) is 5.26 Å². The first kappa shape index (κ1) is 18.8. The van der Waals surface area contributed by atoms with Crippen molar-refractivity contribution in [2.45, 2.75) is 23.0 Å². The number of hydrogen-bond acceptors (Lipinski definition) is 7. The first-order chi connectivity index (χ1) is 14.2. The molecule has 0 aliphatic carbocycles. The molecule has 29 heavy (non-hydrogen) atoms. The maximum Gasteiger partial charge on any atom is 0.195 e. The summed E-state index contributed by atoms with van der Waals surface area (Å²) in [5.41, 5.74) is 8.38. The number of nitrogens with two attached hydrogens (primary N) is 1. The lowest BCUT2D eigenvalue weighted by Gasteiger charge is -2.11. The van der Waals surface area contributed by atoms with Gasteiger partial charge < -0.3 is 15.0 Å². The molecule has 2 heterocycles. The number of imidazole rings is 1. The summed E-state index contributed by atoms with van der Waals surface area (Å²) in [5.74, 6) is 1.69. The summed E-state index contributed by atoms with van der Waals surface area (Å²) in [6.07, 6.45) is 2.54. The predicted molar refractivity (Wildman–Crippen MR) is 111 cm³/mol. The quantitative estimate of drug-likeness (QED) is 0.525. The Morgan fingerprint density at radius 2 is 2.00 bits per heavy atom. The number of aromatic nitrogens is 4. The minimum Gasteiger partial charge on any atom is -0.496 e. The summed E-state index contributed by atoms with van der Waals surface area (Å²) >= 11 is 1.33. The number of ether oxygens (including phenoxy) is 1. The number of methoxy groups -OCH3 is 1. The van der Waals surface area contributed by atoms with E-state index in [1.807, 2.05) is 22.8 Å². The number of benzene rings is 2. The lowest BCUT2D eigenvalue weighted by molar-refractivity contribution is 0.404. The zero-order valence-electron chi connectivity index (χ0n) is 15.7.